The molecule has 0 amide bonds. The zero-order chi connectivity index (χ0) is 18.1. The van der Waals surface area contributed by atoms with E-state index in [1.165, 1.54) is 22.1 Å². The van der Waals surface area contributed by atoms with Gasteiger partial charge in [0, 0.05) is 18.0 Å². The molecule has 1 aromatic heterocycles. The Morgan fingerprint density at radius 2 is 1.88 bits per heavy atom. The van der Waals surface area contributed by atoms with Crippen LogP contribution in [0.2, 0.25) is 0 Å². The Morgan fingerprint density at radius 3 is 2.65 bits per heavy atom. The first-order valence-electron chi connectivity index (χ1n) is 8.62. The minimum Gasteiger partial charge on any atom is -0.387 e. The number of nitrogens with zero attached hydrogens (tertiary/aromatic N) is 1. The zero-order valence-corrected chi connectivity index (χ0v) is 14.9. The van der Waals surface area contributed by atoms with Crippen molar-refractivity contribution in [3.05, 3.63) is 93.2 Å². The molecule has 1 N–H and O–H groups in total. The molecule has 2 nitrogen and oxygen atoms in total. The first-order valence-corrected chi connectivity index (χ1v) is 9.49. The average molecular weight is 371 g/mol. The van der Waals surface area contributed by atoms with Gasteiger partial charge in [0.15, 0.2) is 11.6 Å². The Kier molecular flexibility index (Phi) is 4.85. The van der Waals surface area contributed by atoms with Crippen LogP contribution in [0.15, 0.2) is 60.0 Å². The molecular weight excluding hydrogens is 352 g/mol. The molecule has 2 atom stereocenters. The molecule has 0 radical (unpaired) electrons. The lowest BCUT2D eigenvalue weighted by Crippen LogP contribution is -2.38. The number of halogens is 2. The van der Waals surface area contributed by atoms with Gasteiger partial charge in [-0.15, -0.1) is 11.3 Å². The van der Waals surface area contributed by atoms with Crippen molar-refractivity contribution in [1.82, 2.24) is 4.90 Å². The van der Waals surface area contributed by atoms with Crippen molar-refractivity contribution in [1.29, 1.82) is 0 Å². The monoisotopic (exact) mass is 371 g/mol. The highest BCUT2D eigenvalue weighted by molar-refractivity contribution is 7.10. The lowest BCUT2D eigenvalue weighted by molar-refractivity contribution is 0.0924. The molecule has 0 spiro atoms. The molecule has 0 unspecified atom stereocenters. The van der Waals surface area contributed by atoms with Crippen LogP contribution in [0.1, 0.15) is 33.7 Å². The largest absolute Gasteiger partial charge is 0.387 e. The summed E-state index contributed by atoms with van der Waals surface area (Å²) >= 11 is 1.76. The predicted octanol–water partition coefficient (Wildman–Crippen LogP) is 4.71. The van der Waals surface area contributed by atoms with Crippen LogP contribution in [-0.4, -0.2) is 23.1 Å². The van der Waals surface area contributed by atoms with Crippen LogP contribution >= 0.6 is 11.3 Å². The van der Waals surface area contributed by atoms with Crippen molar-refractivity contribution in [2.45, 2.75) is 18.6 Å². The minimum absolute atomic E-state index is 0.0612. The standard InChI is InChI=1S/C21H19F2NOS/c22-17-7-6-15(12-18(17)23)19(25)13-24-10-8-20-16(9-11-26-20)21(24)14-4-2-1-3-5-14/h1-7,9,11-12,19,21,25H,8,10,13H2/t19-,21-/m0/s1. The number of aliphatic hydroxyl groups excluding tert-OH is 1. The SMILES string of the molecule is O[C@@H](CN1CCc2sccc2[C@@H]1c1ccccc1)c1ccc(F)c(F)c1. The summed E-state index contributed by atoms with van der Waals surface area (Å²) in [5.41, 5.74) is 2.83. The topological polar surface area (TPSA) is 23.5 Å². The van der Waals surface area contributed by atoms with Crippen molar-refractivity contribution < 1.29 is 13.9 Å². The molecule has 4 rings (SSSR count). The maximum Gasteiger partial charge on any atom is 0.159 e. The summed E-state index contributed by atoms with van der Waals surface area (Å²) in [6, 6.07) is 16.0. The summed E-state index contributed by atoms with van der Waals surface area (Å²) in [4.78, 5) is 3.59. The van der Waals surface area contributed by atoms with Crippen LogP contribution < -0.4 is 0 Å². The van der Waals surface area contributed by atoms with Crippen LogP contribution in [0.5, 0.6) is 0 Å². The predicted molar refractivity (Wildman–Crippen MR) is 99.2 cm³/mol. The fraction of sp³-hybridized carbons (Fsp3) is 0.238. The highest BCUT2D eigenvalue weighted by Gasteiger charge is 2.31. The maximum atomic E-state index is 13.5. The molecule has 2 aromatic carbocycles. The lowest BCUT2D eigenvalue weighted by atomic mass is 9.92. The van der Waals surface area contributed by atoms with Crippen molar-refractivity contribution >= 4 is 11.3 Å². The van der Waals surface area contributed by atoms with E-state index in [9.17, 15) is 13.9 Å². The molecule has 0 saturated heterocycles. The van der Waals surface area contributed by atoms with E-state index < -0.39 is 17.7 Å². The van der Waals surface area contributed by atoms with Gasteiger partial charge in [-0.2, -0.15) is 0 Å². The van der Waals surface area contributed by atoms with Gasteiger partial charge in [0.05, 0.1) is 12.1 Å². The Balaban J connectivity index is 1.63. The lowest BCUT2D eigenvalue weighted by Gasteiger charge is -2.37. The number of thiophene rings is 1. The third-order valence-electron chi connectivity index (χ3n) is 4.92. The number of hydrogen-bond donors (Lipinski definition) is 1. The van der Waals surface area contributed by atoms with E-state index in [4.69, 9.17) is 0 Å². The molecule has 5 heteroatoms. The van der Waals surface area contributed by atoms with Gasteiger partial charge in [-0.05, 0) is 46.7 Å². The summed E-state index contributed by atoms with van der Waals surface area (Å²) in [7, 11) is 0. The molecule has 0 bridgehead atoms. The van der Waals surface area contributed by atoms with Gasteiger partial charge in [0.1, 0.15) is 0 Å². The number of rotatable bonds is 4. The van der Waals surface area contributed by atoms with Crippen molar-refractivity contribution in [2.24, 2.45) is 0 Å². The van der Waals surface area contributed by atoms with Crippen LogP contribution in [0, 0.1) is 11.6 Å². The molecule has 0 fully saturated rings. The number of benzene rings is 2. The first kappa shape index (κ1) is 17.3. The van der Waals surface area contributed by atoms with E-state index in [0.717, 1.165) is 25.1 Å². The smallest absolute Gasteiger partial charge is 0.159 e. The fourth-order valence-electron chi connectivity index (χ4n) is 3.64. The van der Waals surface area contributed by atoms with Crippen molar-refractivity contribution in [2.75, 3.05) is 13.1 Å². The molecule has 1 aliphatic rings. The molecule has 0 aliphatic carbocycles. The maximum absolute atomic E-state index is 13.5. The van der Waals surface area contributed by atoms with Crippen LogP contribution in [0.3, 0.4) is 0 Å². The number of fused-ring (bicyclic) bond motifs is 1. The second kappa shape index (κ2) is 7.27. The van der Waals surface area contributed by atoms with E-state index in [-0.39, 0.29) is 6.04 Å². The third kappa shape index (κ3) is 3.30. The number of hydrogen-bond acceptors (Lipinski definition) is 3. The third-order valence-corrected chi connectivity index (χ3v) is 5.91. The normalized spacial score (nSPS) is 18.5. The van der Waals surface area contributed by atoms with Gasteiger partial charge in [0.25, 0.3) is 0 Å². The molecule has 2 heterocycles. The van der Waals surface area contributed by atoms with Gasteiger partial charge in [-0.1, -0.05) is 36.4 Å². The average Bonchev–Trinajstić information content (AvgIpc) is 3.13. The van der Waals surface area contributed by atoms with E-state index in [1.54, 1.807) is 11.3 Å². The first-order chi connectivity index (χ1) is 12.6. The van der Waals surface area contributed by atoms with E-state index in [0.29, 0.717) is 12.1 Å². The molecule has 134 valence electrons. The summed E-state index contributed by atoms with van der Waals surface area (Å²) in [6.45, 7) is 1.17. The minimum atomic E-state index is -0.931. The molecule has 3 aromatic rings. The molecule has 26 heavy (non-hydrogen) atoms. The summed E-state index contributed by atoms with van der Waals surface area (Å²) in [5.74, 6) is -1.83. The highest BCUT2D eigenvalue weighted by Crippen LogP contribution is 2.38. The number of aliphatic hydroxyl groups is 1. The molecule has 0 saturated carbocycles. The van der Waals surface area contributed by atoms with Crippen molar-refractivity contribution in [3.8, 4) is 0 Å². The van der Waals surface area contributed by atoms with Gasteiger partial charge in [-0.3, -0.25) is 4.90 Å². The van der Waals surface area contributed by atoms with Crippen LogP contribution in [-0.2, 0) is 6.42 Å². The van der Waals surface area contributed by atoms with E-state index in [2.05, 4.69) is 28.5 Å². The Bertz CT molecular complexity index is 896. The van der Waals surface area contributed by atoms with Gasteiger partial charge in [-0.25, -0.2) is 8.78 Å². The van der Waals surface area contributed by atoms with E-state index >= 15 is 0 Å². The molecular formula is C21H19F2NOS. The van der Waals surface area contributed by atoms with Crippen molar-refractivity contribution in [3.63, 3.8) is 0 Å². The quantitative estimate of drug-likeness (QED) is 0.718. The Hall–Kier alpha value is -2.08. The number of β-amino-alcohol motifs (C(OH)–C–C–N with tert-alkyl or cyclic N) is 1. The Morgan fingerprint density at radius 1 is 1.08 bits per heavy atom. The summed E-state index contributed by atoms with van der Waals surface area (Å²) < 4.78 is 26.7. The molecule has 1 aliphatic heterocycles. The zero-order valence-electron chi connectivity index (χ0n) is 14.1. The van der Waals surface area contributed by atoms with Gasteiger partial charge in [0.2, 0.25) is 0 Å². The van der Waals surface area contributed by atoms with E-state index in [1.807, 2.05) is 18.2 Å². The second-order valence-corrected chi connectivity index (χ2v) is 7.55. The second-order valence-electron chi connectivity index (χ2n) is 6.55. The van der Waals surface area contributed by atoms with Crippen LogP contribution in [0.25, 0.3) is 0 Å². The summed E-state index contributed by atoms with van der Waals surface area (Å²) in [6.07, 6.45) is 0.0531. The van der Waals surface area contributed by atoms with Crippen LogP contribution in [0.4, 0.5) is 8.78 Å². The van der Waals surface area contributed by atoms with Gasteiger partial charge < -0.3 is 5.11 Å². The van der Waals surface area contributed by atoms with Gasteiger partial charge >= 0.3 is 0 Å². The summed E-state index contributed by atoms with van der Waals surface area (Å²) in [5, 5.41) is 12.7. The fourth-order valence-corrected chi connectivity index (χ4v) is 4.54. The Labute approximate surface area is 155 Å². The highest BCUT2D eigenvalue weighted by atomic mass is 32.1.